The minimum atomic E-state index is 0.652. The third kappa shape index (κ3) is 1.20. The number of fused-ring (bicyclic) bond motifs is 1. The van der Waals surface area contributed by atoms with Crippen molar-refractivity contribution in [2.45, 2.75) is 26.8 Å². The predicted octanol–water partition coefficient (Wildman–Crippen LogP) is 2.33. The molecular weight excluding hydrogens is 158 g/mol. The highest BCUT2D eigenvalue weighted by atomic mass is 14.5. The molecule has 1 aromatic rings. The van der Waals surface area contributed by atoms with Crippen LogP contribution in [-0.2, 0) is 13.0 Å². The van der Waals surface area contributed by atoms with E-state index in [1.54, 1.807) is 0 Å². The average Bonchev–Trinajstić information content (AvgIpc) is 2.53. The summed E-state index contributed by atoms with van der Waals surface area (Å²) in [7, 11) is 0. The first-order chi connectivity index (χ1) is 6.24. The molecule has 0 aromatic heterocycles. The number of aryl methyl sites for hydroxylation is 1. The van der Waals surface area contributed by atoms with E-state index in [1.165, 1.54) is 27.8 Å². The van der Waals surface area contributed by atoms with Crippen LogP contribution in [0, 0.1) is 13.8 Å². The lowest BCUT2D eigenvalue weighted by Gasteiger charge is -2.12. The van der Waals surface area contributed by atoms with E-state index in [0.717, 1.165) is 6.42 Å². The van der Waals surface area contributed by atoms with Gasteiger partial charge in [0, 0.05) is 6.54 Å². The zero-order valence-corrected chi connectivity index (χ0v) is 8.22. The smallest absolute Gasteiger partial charge is 0.0183 e. The molecule has 0 fully saturated rings. The molecule has 0 saturated carbocycles. The molecule has 1 aliphatic carbocycles. The zero-order valence-electron chi connectivity index (χ0n) is 8.22. The van der Waals surface area contributed by atoms with Gasteiger partial charge in [-0.3, -0.25) is 0 Å². The Balaban J connectivity index is 2.67. The van der Waals surface area contributed by atoms with Crippen LogP contribution in [0.25, 0.3) is 6.08 Å². The predicted molar refractivity (Wildman–Crippen MR) is 56.5 cm³/mol. The standard InChI is InChI=1S/C12H15N/c1-8-6-10-4-3-5-11(10)9(2)12(8)7-13/h3,5-6H,4,7,13H2,1-2H3. The quantitative estimate of drug-likeness (QED) is 0.693. The second kappa shape index (κ2) is 3.00. The SMILES string of the molecule is Cc1cc2c(c(C)c1CN)C=CC2. The van der Waals surface area contributed by atoms with Crippen molar-refractivity contribution in [3.63, 3.8) is 0 Å². The van der Waals surface area contributed by atoms with Gasteiger partial charge in [0.1, 0.15) is 0 Å². The molecule has 1 heteroatoms. The Morgan fingerprint density at radius 2 is 2.15 bits per heavy atom. The van der Waals surface area contributed by atoms with Crippen LogP contribution >= 0.6 is 0 Å². The van der Waals surface area contributed by atoms with Crippen LogP contribution in [0.4, 0.5) is 0 Å². The van der Waals surface area contributed by atoms with Gasteiger partial charge < -0.3 is 5.73 Å². The number of rotatable bonds is 1. The van der Waals surface area contributed by atoms with Gasteiger partial charge in [0.2, 0.25) is 0 Å². The van der Waals surface area contributed by atoms with E-state index < -0.39 is 0 Å². The number of benzene rings is 1. The van der Waals surface area contributed by atoms with Gasteiger partial charge >= 0.3 is 0 Å². The summed E-state index contributed by atoms with van der Waals surface area (Å²) in [5.74, 6) is 0. The average molecular weight is 173 g/mol. The first-order valence-electron chi connectivity index (χ1n) is 4.72. The molecule has 0 aliphatic heterocycles. The fourth-order valence-electron chi connectivity index (χ4n) is 2.14. The first kappa shape index (κ1) is 8.52. The van der Waals surface area contributed by atoms with E-state index in [1.807, 2.05) is 0 Å². The summed E-state index contributed by atoms with van der Waals surface area (Å²) in [4.78, 5) is 0. The van der Waals surface area contributed by atoms with Crippen LogP contribution < -0.4 is 5.73 Å². The largest absolute Gasteiger partial charge is 0.326 e. The van der Waals surface area contributed by atoms with Crippen molar-refractivity contribution in [2.75, 3.05) is 0 Å². The van der Waals surface area contributed by atoms with E-state index in [9.17, 15) is 0 Å². The molecule has 0 unspecified atom stereocenters. The van der Waals surface area contributed by atoms with Gasteiger partial charge in [-0.15, -0.1) is 0 Å². The maximum atomic E-state index is 5.72. The minimum Gasteiger partial charge on any atom is -0.326 e. The summed E-state index contributed by atoms with van der Waals surface area (Å²) in [5, 5.41) is 0. The van der Waals surface area contributed by atoms with Crippen molar-refractivity contribution in [3.05, 3.63) is 40.0 Å². The van der Waals surface area contributed by atoms with Crippen LogP contribution in [0.5, 0.6) is 0 Å². The van der Waals surface area contributed by atoms with E-state index >= 15 is 0 Å². The van der Waals surface area contributed by atoms with Crippen molar-refractivity contribution in [1.82, 2.24) is 0 Å². The van der Waals surface area contributed by atoms with E-state index in [2.05, 4.69) is 32.1 Å². The second-order valence-corrected chi connectivity index (χ2v) is 3.68. The van der Waals surface area contributed by atoms with Crippen LogP contribution in [0.15, 0.2) is 12.1 Å². The Morgan fingerprint density at radius 3 is 2.85 bits per heavy atom. The topological polar surface area (TPSA) is 26.0 Å². The van der Waals surface area contributed by atoms with Crippen LogP contribution in [0.2, 0.25) is 0 Å². The molecule has 0 radical (unpaired) electrons. The Kier molecular flexibility index (Phi) is 1.97. The number of hydrogen-bond acceptors (Lipinski definition) is 1. The van der Waals surface area contributed by atoms with Gasteiger partial charge in [-0.25, -0.2) is 0 Å². The summed E-state index contributed by atoms with van der Waals surface area (Å²) >= 11 is 0. The van der Waals surface area contributed by atoms with E-state index in [4.69, 9.17) is 5.73 Å². The lowest BCUT2D eigenvalue weighted by molar-refractivity contribution is 1.02. The molecule has 0 bridgehead atoms. The van der Waals surface area contributed by atoms with Gasteiger partial charge in [0.05, 0.1) is 0 Å². The molecule has 2 N–H and O–H groups in total. The summed E-state index contributed by atoms with van der Waals surface area (Å²) in [6.07, 6.45) is 5.52. The van der Waals surface area contributed by atoms with Gasteiger partial charge in [0.15, 0.2) is 0 Å². The molecule has 13 heavy (non-hydrogen) atoms. The molecule has 2 rings (SSSR count). The minimum absolute atomic E-state index is 0.652. The number of hydrogen-bond donors (Lipinski definition) is 1. The monoisotopic (exact) mass is 173 g/mol. The molecular formula is C12H15N. The molecule has 0 atom stereocenters. The number of nitrogens with two attached hydrogens (primary N) is 1. The fraction of sp³-hybridized carbons (Fsp3) is 0.333. The van der Waals surface area contributed by atoms with Gasteiger partial charge in [-0.2, -0.15) is 0 Å². The third-order valence-electron chi connectivity index (χ3n) is 2.90. The summed E-state index contributed by atoms with van der Waals surface area (Å²) in [6.45, 7) is 4.97. The third-order valence-corrected chi connectivity index (χ3v) is 2.90. The summed E-state index contributed by atoms with van der Waals surface area (Å²) < 4.78 is 0. The molecule has 1 aromatic carbocycles. The first-order valence-corrected chi connectivity index (χ1v) is 4.72. The molecule has 68 valence electrons. The van der Waals surface area contributed by atoms with Gasteiger partial charge in [-0.1, -0.05) is 18.2 Å². The molecule has 0 saturated heterocycles. The van der Waals surface area contributed by atoms with Crippen molar-refractivity contribution >= 4 is 6.08 Å². The Morgan fingerprint density at radius 1 is 1.38 bits per heavy atom. The van der Waals surface area contributed by atoms with Gasteiger partial charge in [0.25, 0.3) is 0 Å². The fourth-order valence-corrected chi connectivity index (χ4v) is 2.14. The normalized spacial score (nSPS) is 13.5. The maximum Gasteiger partial charge on any atom is 0.0183 e. The number of allylic oxidation sites excluding steroid dienone is 1. The van der Waals surface area contributed by atoms with E-state index in [0.29, 0.717) is 6.54 Å². The van der Waals surface area contributed by atoms with Crippen LogP contribution in [0.1, 0.15) is 27.8 Å². The van der Waals surface area contributed by atoms with Crippen LogP contribution in [-0.4, -0.2) is 0 Å². The molecule has 0 spiro atoms. The highest BCUT2D eigenvalue weighted by molar-refractivity contribution is 5.65. The lowest BCUT2D eigenvalue weighted by Crippen LogP contribution is -2.04. The molecule has 1 aliphatic rings. The maximum absolute atomic E-state index is 5.72. The summed E-state index contributed by atoms with van der Waals surface area (Å²) in [6, 6.07) is 2.27. The van der Waals surface area contributed by atoms with Crippen molar-refractivity contribution < 1.29 is 0 Å². The lowest BCUT2D eigenvalue weighted by atomic mass is 9.94. The van der Waals surface area contributed by atoms with E-state index in [-0.39, 0.29) is 0 Å². The van der Waals surface area contributed by atoms with Gasteiger partial charge in [-0.05, 0) is 48.1 Å². The second-order valence-electron chi connectivity index (χ2n) is 3.68. The molecule has 0 amide bonds. The van der Waals surface area contributed by atoms with Crippen molar-refractivity contribution in [1.29, 1.82) is 0 Å². The highest BCUT2D eigenvalue weighted by Crippen LogP contribution is 2.27. The highest BCUT2D eigenvalue weighted by Gasteiger charge is 2.12. The van der Waals surface area contributed by atoms with Crippen molar-refractivity contribution in [2.24, 2.45) is 5.73 Å². The molecule has 0 heterocycles. The Labute approximate surface area is 79.3 Å². The zero-order chi connectivity index (χ0) is 9.42. The summed E-state index contributed by atoms with van der Waals surface area (Å²) in [5.41, 5.74) is 12.6. The Hall–Kier alpha value is -1.08. The Bertz CT molecular complexity index is 375. The van der Waals surface area contributed by atoms with Crippen molar-refractivity contribution in [3.8, 4) is 0 Å². The molecule has 1 nitrogen and oxygen atoms in total. The van der Waals surface area contributed by atoms with Crippen LogP contribution in [0.3, 0.4) is 0 Å².